The Morgan fingerprint density at radius 1 is 1.18 bits per heavy atom. The molecular formula is C22H30N4O2. The van der Waals surface area contributed by atoms with Crippen molar-refractivity contribution >= 4 is 17.3 Å². The van der Waals surface area contributed by atoms with Crippen LogP contribution in [0.3, 0.4) is 0 Å². The molecule has 1 aromatic carbocycles. The molecule has 6 nitrogen and oxygen atoms in total. The standard InChI is InChI=1S/C22H30N4O2/c1-4-5-12-24(2)18-10-11-23-19(17-18)22(27)26-15-13-25(14-16-26)20-8-6-7-9-21(20)28-3/h6-11,17H,4-5,12-16H2,1-3H3. The quantitative estimate of drug-likeness (QED) is 0.735. The summed E-state index contributed by atoms with van der Waals surface area (Å²) in [6, 6.07) is 11.9. The Morgan fingerprint density at radius 2 is 1.93 bits per heavy atom. The van der Waals surface area contributed by atoms with Gasteiger partial charge in [-0.05, 0) is 30.7 Å². The normalized spacial score (nSPS) is 14.1. The van der Waals surface area contributed by atoms with Crippen LogP contribution in [0.15, 0.2) is 42.6 Å². The van der Waals surface area contributed by atoms with Gasteiger partial charge in [0.2, 0.25) is 0 Å². The van der Waals surface area contributed by atoms with Crippen LogP contribution in [0, 0.1) is 0 Å². The smallest absolute Gasteiger partial charge is 0.272 e. The number of anilines is 2. The van der Waals surface area contributed by atoms with Crippen molar-refractivity contribution in [1.82, 2.24) is 9.88 Å². The monoisotopic (exact) mass is 382 g/mol. The van der Waals surface area contributed by atoms with Crippen molar-refractivity contribution in [1.29, 1.82) is 0 Å². The van der Waals surface area contributed by atoms with Crippen LogP contribution >= 0.6 is 0 Å². The molecule has 0 atom stereocenters. The summed E-state index contributed by atoms with van der Waals surface area (Å²) in [6.45, 7) is 6.07. The van der Waals surface area contributed by atoms with Gasteiger partial charge >= 0.3 is 0 Å². The molecule has 1 saturated heterocycles. The third kappa shape index (κ3) is 4.55. The third-order valence-corrected chi connectivity index (χ3v) is 5.24. The van der Waals surface area contributed by atoms with Gasteiger partial charge in [0.15, 0.2) is 0 Å². The summed E-state index contributed by atoms with van der Waals surface area (Å²) in [5, 5.41) is 0. The second kappa shape index (κ2) is 9.44. The lowest BCUT2D eigenvalue weighted by Crippen LogP contribution is -2.49. The maximum absolute atomic E-state index is 13.0. The van der Waals surface area contributed by atoms with E-state index in [-0.39, 0.29) is 5.91 Å². The van der Waals surface area contributed by atoms with E-state index in [0.29, 0.717) is 18.8 Å². The Kier molecular flexibility index (Phi) is 6.74. The molecule has 0 bridgehead atoms. The highest BCUT2D eigenvalue weighted by atomic mass is 16.5. The zero-order valence-corrected chi connectivity index (χ0v) is 17.1. The summed E-state index contributed by atoms with van der Waals surface area (Å²) >= 11 is 0. The molecule has 1 fully saturated rings. The Hall–Kier alpha value is -2.76. The zero-order chi connectivity index (χ0) is 19.9. The average molecular weight is 383 g/mol. The van der Waals surface area contributed by atoms with E-state index in [1.165, 1.54) is 0 Å². The molecule has 3 rings (SSSR count). The lowest BCUT2D eigenvalue weighted by molar-refractivity contribution is 0.0741. The minimum Gasteiger partial charge on any atom is -0.495 e. The van der Waals surface area contributed by atoms with Crippen molar-refractivity contribution in [2.75, 3.05) is 56.7 Å². The molecule has 2 aromatic rings. The van der Waals surface area contributed by atoms with Gasteiger partial charge in [-0.3, -0.25) is 9.78 Å². The number of hydrogen-bond donors (Lipinski definition) is 0. The SMILES string of the molecule is CCCCN(C)c1ccnc(C(=O)N2CCN(c3ccccc3OC)CC2)c1. The number of aromatic nitrogens is 1. The summed E-state index contributed by atoms with van der Waals surface area (Å²) in [6.07, 6.45) is 4.01. The zero-order valence-electron chi connectivity index (χ0n) is 17.1. The Balaban J connectivity index is 1.64. The first-order valence-electron chi connectivity index (χ1n) is 9.98. The molecule has 28 heavy (non-hydrogen) atoms. The molecule has 0 unspecified atom stereocenters. The molecule has 0 spiro atoms. The van der Waals surface area contributed by atoms with Crippen LogP contribution in [0.4, 0.5) is 11.4 Å². The number of rotatable bonds is 7. The van der Waals surface area contributed by atoms with E-state index >= 15 is 0 Å². The van der Waals surface area contributed by atoms with Crippen LogP contribution in [-0.4, -0.2) is 62.7 Å². The summed E-state index contributed by atoms with van der Waals surface area (Å²) in [5.41, 5.74) is 2.64. The van der Waals surface area contributed by atoms with Gasteiger partial charge in [0.1, 0.15) is 11.4 Å². The van der Waals surface area contributed by atoms with Crippen LogP contribution in [0.5, 0.6) is 5.75 Å². The number of hydrogen-bond acceptors (Lipinski definition) is 5. The maximum Gasteiger partial charge on any atom is 0.272 e. The van der Waals surface area contributed by atoms with E-state index in [2.05, 4.69) is 34.8 Å². The van der Waals surface area contributed by atoms with Crippen LogP contribution < -0.4 is 14.5 Å². The summed E-state index contributed by atoms with van der Waals surface area (Å²) < 4.78 is 5.47. The molecule has 1 aliphatic heterocycles. The van der Waals surface area contributed by atoms with E-state index in [1.807, 2.05) is 35.2 Å². The molecule has 150 valence electrons. The number of para-hydroxylation sites is 2. The van der Waals surface area contributed by atoms with Gasteiger partial charge in [-0.1, -0.05) is 25.5 Å². The van der Waals surface area contributed by atoms with E-state index in [1.54, 1.807) is 13.3 Å². The third-order valence-electron chi connectivity index (χ3n) is 5.24. The second-order valence-electron chi connectivity index (χ2n) is 7.13. The van der Waals surface area contributed by atoms with Crippen molar-refractivity contribution in [2.24, 2.45) is 0 Å². The first kappa shape index (κ1) is 20.0. The van der Waals surface area contributed by atoms with Gasteiger partial charge in [0.25, 0.3) is 5.91 Å². The van der Waals surface area contributed by atoms with Crippen LogP contribution in [0.1, 0.15) is 30.3 Å². The average Bonchev–Trinajstić information content (AvgIpc) is 2.77. The number of carbonyl (C=O) groups excluding carboxylic acids is 1. The van der Waals surface area contributed by atoms with Crippen molar-refractivity contribution in [3.63, 3.8) is 0 Å². The second-order valence-corrected chi connectivity index (χ2v) is 7.13. The van der Waals surface area contributed by atoms with Crippen molar-refractivity contribution in [3.8, 4) is 5.75 Å². The fourth-order valence-electron chi connectivity index (χ4n) is 3.50. The highest BCUT2D eigenvalue weighted by Gasteiger charge is 2.24. The number of piperazine rings is 1. The Bertz CT molecular complexity index is 788. The molecule has 2 heterocycles. The number of unbranched alkanes of at least 4 members (excludes halogenated alkanes) is 1. The van der Waals surface area contributed by atoms with E-state index in [9.17, 15) is 4.79 Å². The highest BCUT2D eigenvalue weighted by Crippen LogP contribution is 2.28. The lowest BCUT2D eigenvalue weighted by atomic mass is 10.2. The van der Waals surface area contributed by atoms with E-state index in [4.69, 9.17) is 4.74 Å². The van der Waals surface area contributed by atoms with Crippen molar-refractivity contribution < 1.29 is 9.53 Å². The van der Waals surface area contributed by atoms with Gasteiger partial charge < -0.3 is 19.4 Å². The first-order chi connectivity index (χ1) is 13.6. The highest BCUT2D eigenvalue weighted by molar-refractivity contribution is 5.93. The number of ether oxygens (including phenoxy) is 1. The fourth-order valence-corrected chi connectivity index (χ4v) is 3.50. The first-order valence-corrected chi connectivity index (χ1v) is 9.98. The van der Waals surface area contributed by atoms with E-state index in [0.717, 1.165) is 49.6 Å². The predicted molar refractivity (Wildman–Crippen MR) is 114 cm³/mol. The van der Waals surface area contributed by atoms with Gasteiger partial charge in [-0.25, -0.2) is 0 Å². The molecule has 1 amide bonds. The van der Waals surface area contributed by atoms with Gasteiger partial charge in [0, 0.05) is 51.7 Å². The number of amides is 1. The molecule has 0 aliphatic carbocycles. The van der Waals surface area contributed by atoms with Crippen molar-refractivity contribution in [3.05, 3.63) is 48.3 Å². The minimum absolute atomic E-state index is 0.00502. The van der Waals surface area contributed by atoms with Crippen molar-refractivity contribution in [2.45, 2.75) is 19.8 Å². The number of benzene rings is 1. The molecular weight excluding hydrogens is 352 g/mol. The number of carbonyl (C=O) groups is 1. The number of methoxy groups -OCH3 is 1. The van der Waals surface area contributed by atoms with E-state index < -0.39 is 0 Å². The molecule has 1 aliphatic rings. The fraction of sp³-hybridized carbons (Fsp3) is 0.455. The van der Waals surface area contributed by atoms with Crippen LogP contribution in [0.2, 0.25) is 0 Å². The van der Waals surface area contributed by atoms with Gasteiger partial charge in [-0.15, -0.1) is 0 Å². The Morgan fingerprint density at radius 3 is 2.64 bits per heavy atom. The maximum atomic E-state index is 13.0. The van der Waals surface area contributed by atoms with Gasteiger partial charge in [0.05, 0.1) is 12.8 Å². The van der Waals surface area contributed by atoms with Gasteiger partial charge in [-0.2, -0.15) is 0 Å². The molecule has 1 aromatic heterocycles. The molecule has 6 heteroatoms. The topological polar surface area (TPSA) is 48.9 Å². The summed E-state index contributed by atoms with van der Waals surface area (Å²) in [4.78, 5) is 23.6. The minimum atomic E-state index is 0.00502. The lowest BCUT2D eigenvalue weighted by Gasteiger charge is -2.36. The molecule has 0 radical (unpaired) electrons. The number of nitrogens with zero attached hydrogens (tertiary/aromatic N) is 4. The van der Waals surface area contributed by atoms with Crippen LogP contribution in [-0.2, 0) is 0 Å². The molecule has 0 N–H and O–H groups in total. The predicted octanol–water partition coefficient (Wildman–Crippen LogP) is 3.29. The summed E-state index contributed by atoms with van der Waals surface area (Å²) in [7, 11) is 3.75. The largest absolute Gasteiger partial charge is 0.495 e. The van der Waals surface area contributed by atoms with Crippen LogP contribution in [0.25, 0.3) is 0 Å². The Labute approximate surface area is 167 Å². The number of pyridine rings is 1. The molecule has 0 saturated carbocycles. The summed E-state index contributed by atoms with van der Waals surface area (Å²) in [5.74, 6) is 0.872.